The van der Waals surface area contributed by atoms with E-state index in [9.17, 15) is 12.8 Å². The Labute approximate surface area is 116 Å². The lowest BCUT2D eigenvalue weighted by Gasteiger charge is -2.14. The highest BCUT2D eigenvalue weighted by Crippen LogP contribution is 2.16. The summed E-state index contributed by atoms with van der Waals surface area (Å²) in [5, 5.41) is 4.00. The molecule has 0 saturated carbocycles. The van der Waals surface area contributed by atoms with Gasteiger partial charge in [-0.15, -0.1) is 0 Å². The van der Waals surface area contributed by atoms with Crippen molar-refractivity contribution in [3.05, 3.63) is 42.5 Å². The number of halogens is 1. The summed E-state index contributed by atoms with van der Waals surface area (Å²) in [6, 6.07) is 4.68. The number of nitrogens with one attached hydrogen (secondary N) is 1. The number of nitrogens with two attached hydrogens (primary N) is 1. The third-order valence-electron chi connectivity index (χ3n) is 2.65. The van der Waals surface area contributed by atoms with E-state index in [4.69, 9.17) is 5.73 Å². The zero-order valence-electron chi connectivity index (χ0n) is 10.8. The Kier molecular flexibility index (Phi) is 4.05. The Morgan fingerprint density at radius 2 is 2.25 bits per heavy atom. The molecule has 0 saturated heterocycles. The third-order valence-corrected chi connectivity index (χ3v) is 4.24. The second kappa shape index (κ2) is 5.59. The van der Waals surface area contributed by atoms with Gasteiger partial charge in [-0.3, -0.25) is 4.68 Å². The smallest absolute Gasteiger partial charge is 0.240 e. The van der Waals surface area contributed by atoms with Crippen molar-refractivity contribution in [2.45, 2.75) is 24.4 Å². The van der Waals surface area contributed by atoms with Crippen LogP contribution in [-0.4, -0.2) is 24.2 Å². The van der Waals surface area contributed by atoms with E-state index in [2.05, 4.69) is 9.82 Å². The van der Waals surface area contributed by atoms with Crippen molar-refractivity contribution in [1.82, 2.24) is 14.5 Å². The first-order valence-corrected chi connectivity index (χ1v) is 7.41. The van der Waals surface area contributed by atoms with Crippen LogP contribution in [0.3, 0.4) is 0 Å². The van der Waals surface area contributed by atoms with Gasteiger partial charge in [0.05, 0.1) is 17.1 Å². The number of aromatic nitrogens is 2. The van der Waals surface area contributed by atoms with Gasteiger partial charge in [0.25, 0.3) is 0 Å². The fourth-order valence-electron chi connectivity index (χ4n) is 1.75. The van der Waals surface area contributed by atoms with Crippen molar-refractivity contribution in [1.29, 1.82) is 0 Å². The molecule has 0 fully saturated rings. The molecular formula is C12H15FN4O2S. The summed E-state index contributed by atoms with van der Waals surface area (Å²) in [5.41, 5.74) is 5.18. The lowest BCUT2D eigenvalue weighted by molar-refractivity contribution is 0.494. The monoisotopic (exact) mass is 298 g/mol. The van der Waals surface area contributed by atoms with Gasteiger partial charge in [0.2, 0.25) is 10.0 Å². The first kappa shape index (κ1) is 14.5. The van der Waals surface area contributed by atoms with Crippen molar-refractivity contribution < 1.29 is 12.8 Å². The van der Waals surface area contributed by atoms with E-state index in [1.807, 2.05) is 0 Å². The van der Waals surface area contributed by atoms with Crippen molar-refractivity contribution >= 4 is 15.7 Å². The second-order valence-corrected chi connectivity index (χ2v) is 6.15. The molecule has 108 valence electrons. The van der Waals surface area contributed by atoms with Crippen LogP contribution in [0.15, 0.2) is 41.6 Å². The maximum absolute atomic E-state index is 13.0. The van der Waals surface area contributed by atoms with Crippen molar-refractivity contribution in [2.75, 3.05) is 5.73 Å². The fraction of sp³-hybridized carbons (Fsp3) is 0.250. The van der Waals surface area contributed by atoms with Crippen LogP contribution in [0.4, 0.5) is 10.1 Å². The fourth-order valence-corrected chi connectivity index (χ4v) is 3.02. The molecule has 3 N–H and O–H groups in total. The van der Waals surface area contributed by atoms with Crippen molar-refractivity contribution in [3.63, 3.8) is 0 Å². The van der Waals surface area contributed by atoms with Gasteiger partial charge in [0.15, 0.2) is 0 Å². The summed E-state index contributed by atoms with van der Waals surface area (Å²) in [6.07, 6.45) is 3.35. The molecule has 0 aliphatic rings. The van der Waals surface area contributed by atoms with E-state index in [1.165, 1.54) is 6.07 Å². The molecule has 20 heavy (non-hydrogen) atoms. The molecule has 0 amide bonds. The zero-order valence-corrected chi connectivity index (χ0v) is 11.6. The maximum atomic E-state index is 13.0. The van der Waals surface area contributed by atoms with Crippen LogP contribution < -0.4 is 10.5 Å². The molecule has 1 unspecified atom stereocenters. The number of anilines is 1. The standard InChI is InChI=1S/C12H15FN4O2S/c1-9(8-17-6-2-5-15-17)16-20(18,19)10-3-4-11(13)12(14)7-10/h2-7,9,16H,8,14H2,1H3. The molecule has 1 aromatic heterocycles. The summed E-state index contributed by atoms with van der Waals surface area (Å²) in [6.45, 7) is 2.11. The minimum atomic E-state index is -3.74. The number of sulfonamides is 1. The third kappa shape index (κ3) is 3.34. The summed E-state index contributed by atoms with van der Waals surface area (Å²) in [7, 11) is -3.74. The molecule has 1 heterocycles. The summed E-state index contributed by atoms with van der Waals surface area (Å²) >= 11 is 0. The number of nitrogens with zero attached hydrogens (tertiary/aromatic N) is 2. The summed E-state index contributed by atoms with van der Waals surface area (Å²) in [4.78, 5) is -0.0660. The highest BCUT2D eigenvalue weighted by Gasteiger charge is 2.18. The molecule has 6 nitrogen and oxygen atoms in total. The van der Waals surface area contributed by atoms with Gasteiger partial charge in [0.1, 0.15) is 5.82 Å². The van der Waals surface area contributed by atoms with Gasteiger partial charge >= 0.3 is 0 Å². The largest absolute Gasteiger partial charge is 0.396 e. The molecule has 2 rings (SSSR count). The van der Waals surface area contributed by atoms with Crippen molar-refractivity contribution in [3.8, 4) is 0 Å². The average molecular weight is 298 g/mol. The van der Waals surface area contributed by atoms with Crippen LogP contribution in [0.25, 0.3) is 0 Å². The maximum Gasteiger partial charge on any atom is 0.240 e. The quantitative estimate of drug-likeness (QED) is 0.805. The van der Waals surface area contributed by atoms with E-state index < -0.39 is 15.8 Å². The van der Waals surface area contributed by atoms with Gasteiger partial charge in [-0.1, -0.05) is 0 Å². The lowest BCUT2D eigenvalue weighted by atomic mass is 10.3. The molecule has 0 radical (unpaired) electrons. The zero-order chi connectivity index (χ0) is 14.8. The van der Waals surface area contributed by atoms with Crippen LogP contribution in [-0.2, 0) is 16.6 Å². The van der Waals surface area contributed by atoms with Crippen LogP contribution in [0, 0.1) is 5.82 Å². The molecule has 1 atom stereocenters. The van der Waals surface area contributed by atoms with E-state index in [-0.39, 0.29) is 16.6 Å². The SMILES string of the molecule is CC(Cn1cccn1)NS(=O)(=O)c1ccc(F)c(N)c1. The number of hydrogen-bond acceptors (Lipinski definition) is 4. The van der Waals surface area contributed by atoms with Crippen LogP contribution in [0.2, 0.25) is 0 Å². The molecule has 0 aliphatic carbocycles. The highest BCUT2D eigenvalue weighted by molar-refractivity contribution is 7.89. The van der Waals surface area contributed by atoms with E-state index in [0.717, 1.165) is 12.1 Å². The first-order chi connectivity index (χ1) is 9.38. The summed E-state index contributed by atoms with van der Waals surface area (Å²) < 4.78 is 41.4. The molecule has 0 aliphatic heterocycles. The second-order valence-electron chi connectivity index (χ2n) is 4.43. The number of rotatable bonds is 5. The molecule has 2 aromatic rings. The van der Waals surface area contributed by atoms with Gasteiger partial charge in [-0.2, -0.15) is 5.10 Å². The lowest BCUT2D eigenvalue weighted by Crippen LogP contribution is -2.35. The van der Waals surface area contributed by atoms with Crippen LogP contribution in [0.5, 0.6) is 0 Å². The average Bonchev–Trinajstić information content (AvgIpc) is 2.84. The topological polar surface area (TPSA) is 90.0 Å². The van der Waals surface area contributed by atoms with Gasteiger partial charge in [-0.25, -0.2) is 17.5 Å². The van der Waals surface area contributed by atoms with E-state index >= 15 is 0 Å². The molecular weight excluding hydrogens is 283 g/mol. The summed E-state index contributed by atoms with van der Waals surface area (Å²) in [5.74, 6) is -0.645. The predicted octanol–water partition coefficient (Wildman–Crippen LogP) is 0.971. The van der Waals surface area contributed by atoms with Gasteiger partial charge < -0.3 is 5.73 Å². The van der Waals surface area contributed by atoms with E-state index in [1.54, 1.807) is 30.1 Å². The predicted molar refractivity (Wildman–Crippen MR) is 72.8 cm³/mol. The Morgan fingerprint density at radius 1 is 1.50 bits per heavy atom. The van der Waals surface area contributed by atoms with Crippen LogP contribution >= 0.6 is 0 Å². The highest BCUT2D eigenvalue weighted by atomic mass is 32.2. The van der Waals surface area contributed by atoms with Crippen molar-refractivity contribution in [2.24, 2.45) is 0 Å². The Balaban J connectivity index is 2.12. The normalized spacial score (nSPS) is 13.3. The number of nitrogen functional groups attached to an aromatic ring is 1. The molecule has 0 bridgehead atoms. The Morgan fingerprint density at radius 3 is 2.85 bits per heavy atom. The van der Waals surface area contributed by atoms with Gasteiger partial charge in [-0.05, 0) is 31.2 Å². The van der Waals surface area contributed by atoms with E-state index in [0.29, 0.717) is 6.54 Å². The minimum absolute atomic E-state index is 0.0660. The molecule has 0 spiro atoms. The number of benzene rings is 1. The van der Waals surface area contributed by atoms with Gasteiger partial charge in [0, 0.05) is 18.4 Å². The Bertz CT molecular complexity index is 685. The number of hydrogen-bond donors (Lipinski definition) is 2. The molecule has 1 aromatic carbocycles. The first-order valence-electron chi connectivity index (χ1n) is 5.93. The minimum Gasteiger partial charge on any atom is -0.396 e. The molecule has 8 heteroatoms. The van der Waals surface area contributed by atoms with Crippen LogP contribution in [0.1, 0.15) is 6.92 Å². The Hall–Kier alpha value is -1.93.